The van der Waals surface area contributed by atoms with E-state index in [1.165, 1.54) is 0 Å². The topological polar surface area (TPSA) is 87.6 Å². The fourth-order valence-electron chi connectivity index (χ4n) is 3.46. The number of aldehydes is 1. The van der Waals surface area contributed by atoms with Gasteiger partial charge in [-0.15, -0.1) is 0 Å². The summed E-state index contributed by atoms with van der Waals surface area (Å²) in [5.41, 5.74) is 2.68. The molecule has 0 aliphatic heterocycles. The smallest absolute Gasteiger partial charge is 0.227 e. The number of aryl methyl sites for hydroxylation is 1. The molecule has 7 nitrogen and oxygen atoms in total. The van der Waals surface area contributed by atoms with Crippen LogP contribution < -0.4 is 9.47 Å². The molecular formula is C28H22N2O5. The molecule has 35 heavy (non-hydrogen) atoms. The number of oxazole rings is 2. The van der Waals surface area contributed by atoms with Gasteiger partial charge in [0.05, 0.1) is 0 Å². The van der Waals surface area contributed by atoms with Gasteiger partial charge in [-0.3, -0.25) is 4.79 Å². The molecule has 7 heteroatoms. The number of hydrogen-bond acceptors (Lipinski definition) is 7. The second-order valence-electron chi connectivity index (χ2n) is 7.75. The number of nitrogens with zero attached hydrogens (tertiary/aromatic N) is 2. The lowest BCUT2D eigenvalue weighted by molar-refractivity contribution is 0.111. The molecule has 5 aromatic rings. The SMILES string of the molecule is Cc1oc(-c2ccccc2)nc1COc1ccc(OCc2oc(-c3ccccc3)nc2C=O)cc1. The molecule has 0 aliphatic carbocycles. The fraction of sp³-hybridized carbons (Fsp3) is 0.107. The maximum atomic E-state index is 11.4. The van der Waals surface area contributed by atoms with Crippen LogP contribution in [-0.4, -0.2) is 16.3 Å². The maximum Gasteiger partial charge on any atom is 0.227 e. The van der Waals surface area contributed by atoms with E-state index in [0.29, 0.717) is 35.3 Å². The number of ether oxygens (including phenoxy) is 2. The fourth-order valence-corrected chi connectivity index (χ4v) is 3.46. The minimum atomic E-state index is 0.0779. The first-order valence-corrected chi connectivity index (χ1v) is 11.1. The van der Waals surface area contributed by atoms with Crippen LogP contribution in [0.1, 0.15) is 27.7 Å². The Hall–Kier alpha value is -4.65. The van der Waals surface area contributed by atoms with Crippen LogP contribution in [-0.2, 0) is 13.2 Å². The summed E-state index contributed by atoms with van der Waals surface area (Å²) in [6, 6.07) is 26.3. The van der Waals surface area contributed by atoms with E-state index in [1.807, 2.05) is 67.6 Å². The Balaban J connectivity index is 1.19. The van der Waals surface area contributed by atoms with Gasteiger partial charge in [-0.2, -0.15) is 0 Å². The van der Waals surface area contributed by atoms with Crippen molar-refractivity contribution >= 4 is 6.29 Å². The Kier molecular flexibility index (Phi) is 6.39. The van der Waals surface area contributed by atoms with Crippen molar-refractivity contribution in [1.82, 2.24) is 9.97 Å². The molecule has 0 amide bonds. The Bertz CT molecular complexity index is 1410. The van der Waals surface area contributed by atoms with Crippen molar-refractivity contribution in [3.05, 3.63) is 108 Å². The van der Waals surface area contributed by atoms with E-state index in [0.717, 1.165) is 22.6 Å². The predicted octanol–water partition coefficient (Wildman–Crippen LogP) is 6.28. The molecule has 0 spiro atoms. The number of carbonyl (C=O) groups is 1. The third-order valence-electron chi connectivity index (χ3n) is 5.34. The molecule has 174 valence electrons. The van der Waals surface area contributed by atoms with Crippen molar-refractivity contribution in [1.29, 1.82) is 0 Å². The van der Waals surface area contributed by atoms with Crippen molar-refractivity contribution in [3.8, 4) is 34.4 Å². The molecule has 0 bridgehead atoms. The Morgan fingerprint density at radius 3 is 1.83 bits per heavy atom. The molecule has 0 saturated heterocycles. The van der Waals surface area contributed by atoms with Crippen LogP contribution in [0.25, 0.3) is 22.9 Å². The van der Waals surface area contributed by atoms with Gasteiger partial charge < -0.3 is 18.3 Å². The van der Waals surface area contributed by atoms with Gasteiger partial charge in [0.2, 0.25) is 11.8 Å². The van der Waals surface area contributed by atoms with Gasteiger partial charge in [-0.05, 0) is 55.5 Å². The zero-order valence-electron chi connectivity index (χ0n) is 19.0. The van der Waals surface area contributed by atoms with Crippen LogP contribution >= 0.6 is 0 Å². The van der Waals surface area contributed by atoms with Crippen LogP contribution in [0.15, 0.2) is 93.8 Å². The molecule has 0 fully saturated rings. The zero-order valence-corrected chi connectivity index (χ0v) is 19.0. The summed E-state index contributed by atoms with van der Waals surface area (Å²) in [7, 11) is 0. The Labute approximate surface area is 202 Å². The van der Waals surface area contributed by atoms with Crippen molar-refractivity contribution in [2.45, 2.75) is 20.1 Å². The molecule has 0 radical (unpaired) electrons. The first-order chi connectivity index (χ1) is 17.2. The van der Waals surface area contributed by atoms with Crippen LogP contribution in [0.5, 0.6) is 11.5 Å². The second kappa shape index (κ2) is 10.1. The average Bonchev–Trinajstić information content (AvgIpc) is 3.51. The lowest BCUT2D eigenvalue weighted by Gasteiger charge is -2.07. The monoisotopic (exact) mass is 466 g/mol. The summed E-state index contributed by atoms with van der Waals surface area (Å²) in [6.07, 6.45) is 0.667. The molecule has 0 unspecified atom stereocenters. The minimum absolute atomic E-state index is 0.0779. The first-order valence-electron chi connectivity index (χ1n) is 11.1. The van der Waals surface area contributed by atoms with Crippen LogP contribution in [0.3, 0.4) is 0 Å². The van der Waals surface area contributed by atoms with Gasteiger partial charge in [0.25, 0.3) is 0 Å². The van der Waals surface area contributed by atoms with Crippen LogP contribution in [0, 0.1) is 6.92 Å². The second-order valence-corrected chi connectivity index (χ2v) is 7.75. The van der Waals surface area contributed by atoms with E-state index in [2.05, 4.69) is 9.97 Å². The lowest BCUT2D eigenvalue weighted by Crippen LogP contribution is -1.99. The normalized spacial score (nSPS) is 10.8. The highest BCUT2D eigenvalue weighted by molar-refractivity contribution is 5.74. The Morgan fingerprint density at radius 2 is 1.26 bits per heavy atom. The number of rotatable bonds is 9. The Morgan fingerprint density at radius 1 is 0.714 bits per heavy atom. The molecule has 0 aliphatic rings. The summed E-state index contributed by atoms with van der Waals surface area (Å²) in [4.78, 5) is 20.2. The largest absolute Gasteiger partial charge is 0.487 e. The molecule has 0 saturated carbocycles. The molecule has 0 N–H and O–H groups in total. The molecular weight excluding hydrogens is 444 g/mol. The molecule has 5 rings (SSSR count). The van der Waals surface area contributed by atoms with E-state index in [-0.39, 0.29) is 18.9 Å². The summed E-state index contributed by atoms with van der Waals surface area (Å²) in [5.74, 6) is 3.32. The van der Waals surface area contributed by atoms with Gasteiger partial charge in [0.15, 0.2) is 12.0 Å². The summed E-state index contributed by atoms with van der Waals surface area (Å²) < 4.78 is 23.2. The lowest BCUT2D eigenvalue weighted by atomic mass is 10.2. The van der Waals surface area contributed by atoms with Gasteiger partial charge >= 0.3 is 0 Å². The summed E-state index contributed by atoms with van der Waals surface area (Å²) in [5, 5.41) is 0. The predicted molar refractivity (Wildman–Crippen MR) is 129 cm³/mol. The van der Waals surface area contributed by atoms with Gasteiger partial charge in [0, 0.05) is 11.1 Å². The van der Waals surface area contributed by atoms with Crippen molar-refractivity contribution in [2.75, 3.05) is 0 Å². The third kappa shape index (κ3) is 5.14. The molecule has 0 atom stereocenters. The van der Waals surface area contributed by atoms with E-state index in [9.17, 15) is 4.79 Å². The number of hydrogen-bond donors (Lipinski definition) is 0. The van der Waals surface area contributed by atoms with Gasteiger partial charge in [-0.1, -0.05) is 36.4 Å². The quantitative estimate of drug-likeness (QED) is 0.236. The highest BCUT2D eigenvalue weighted by Gasteiger charge is 2.15. The summed E-state index contributed by atoms with van der Waals surface area (Å²) in [6.45, 7) is 2.23. The maximum absolute atomic E-state index is 11.4. The number of aromatic nitrogens is 2. The highest BCUT2D eigenvalue weighted by atomic mass is 16.5. The third-order valence-corrected chi connectivity index (χ3v) is 5.34. The summed E-state index contributed by atoms with van der Waals surface area (Å²) >= 11 is 0. The molecule has 3 aromatic carbocycles. The standard InChI is InChI=1S/C28H22N2O5/c1-19-25(30-27(34-19)20-8-4-2-5-9-20)17-32-22-12-14-23(15-13-22)33-18-26-24(16-31)29-28(35-26)21-10-6-3-7-11-21/h2-16H,17-18H2,1H3. The van der Waals surface area contributed by atoms with Crippen molar-refractivity contribution in [3.63, 3.8) is 0 Å². The molecule has 2 aromatic heterocycles. The zero-order chi connectivity index (χ0) is 24.0. The van der Waals surface area contributed by atoms with Gasteiger partial charge in [-0.25, -0.2) is 9.97 Å². The van der Waals surface area contributed by atoms with Crippen LogP contribution in [0.2, 0.25) is 0 Å². The van der Waals surface area contributed by atoms with Crippen molar-refractivity contribution < 1.29 is 23.1 Å². The molecule has 2 heterocycles. The first kappa shape index (κ1) is 22.2. The van der Waals surface area contributed by atoms with Crippen LogP contribution in [0.4, 0.5) is 0 Å². The highest BCUT2D eigenvalue weighted by Crippen LogP contribution is 2.25. The number of benzene rings is 3. The van der Waals surface area contributed by atoms with Crippen molar-refractivity contribution in [2.24, 2.45) is 0 Å². The van der Waals surface area contributed by atoms with E-state index in [4.69, 9.17) is 18.3 Å². The average molecular weight is 466 g/mol. The number of carbonyl (C=O) groups excluding carboxylic acids is 1. The van der Waals surface area contributed by atoms with Gasteiger partial charge in [0.1, 0.15) is 41.9 Å². The minimum Gasteiger partial charge on any atom is -0.487 e. The van der Waals surface area contributed by atoms with E-state index >= 15 is 0 Å². The van der Waals surface area contributed by atoms with E-state index in [1.54, 1.807) is 24.3 Å². The van der Waals surface area contributed by atoms with E-state index < -0.39 is 0 Å².